The molecule has 0 fully saturated rings. The number of nitrogens with zero attached hydrogens (tertiary/aromatic N) is 2. The van der Waals surface area contributed by atoms with Gasteiger partial charge in [0.2, 0.25) is 0 Å². The maximum Gasteiger partial charge on any atom is 0.345 e. The number of aromatic nitrogens is 3. The number of carbonyl (C=O) groups is 1. The van der Waals surface area contributed by atoms with Gasteiger partial charge < -0.3 is 9.72 Å². The van der Waals surface area contributed by atoms with Crippen molar-refractivity contribution in [2.24, 2.45) is 0 Å². The van der Waals surface area contributed by atoms with Gasteiger partial charge in [-0.2, -0.15) is 0 Å². The third-order valence-corrected chi connectivity index (χ3v) is 2.43. The van der Waals surface area contributed by atoms with E-state index in [9.17, 15) is 9.59 Å². The number of ether oxygens (including phenoxy) is 1. The fraction of sp³-hybridized carbons (Fsp3) is 0.231. The summed E-state index contributed by atoms with van der Waals surface area (Å²) in [5, 5.41) is 0. The Morgan fingerprint density at radius 1 is 1.42 bits per heavy atom. The Kier molecular flexibility index (Phi) is 3.70. The van der Waals surface area contributed by atoms with Gasteiger partial charge in [-0.25, -0.2) is 14.8 Å². The minimum absolute atomic E-state index is 0.113. The Morgan fingerprint density at radius 2 is 2.21 bits per heavy atom. The van der Waals surface area contributed by atoms with Crippen LogP contribution in [0.2, 0.25) is 0 Å². The largest absolute Gasteiger partial charge is 0.462 e. The van der Waals surface area contributed by atoms with Gasteiger partial charge in [-0.1, -0.05) is 6.07 Å². The summed E-state index contributed by atoms with van der Waals surface area (Å²) in [5.74, 6) is -0.359. The van der Waals surface area contributed by atoms with Crippen LogP contribution in [-0.4, -0.2) is 27.5 Å². The Balaban J connectivity index is 2.39. The molecule has 0 aliphatic carbocycles. The zero-order valence-corrected chi connectivity index (χ0v) is 10.6. The van der Waals surface area contributed by atoms with E-state index in [1.54, 1.807) is 13.0 Å². The lowest BCUT2D eigenvalue weighted by molar-refractivity contribution is 0.0524. The minimum atomic E-state index is -0.681. The highest BCUT2D eigenvalue weighted by Gasteiger charge is 2.13. The summed E-state index contributed by atoms with van der Waals surface area (Å²) < 4.78 is 4.76. The Hall–Kier alpha value is -2.50. The van der Waals surface area contributed by atoms with Crippen molar-refractivity contribution in [1.29, 1.82) is 0 Å². The van der Waals surface area contributed by atoms with Gasteiger partial charge in [0.15, 0.2) is 5.82 Å². The van der Waals surface area contributed by atoms with Crippen molar-refractivity contribution >= 4 is 5.97 Å². The molecule has 6 heteroatoms. The molecule has 0 unspecified atom stereocenters. The van der Waals surface area contributed by atoms with Crippen molar-refractivity contribution < 1.29 is 9.53 Å². The first-order valence-electron chi connectivity index (χ1n) is 5.82. The first-order chi connectivity index (χ1) is 9.11. The van der Waals surface area contributed by atoms with E-state index in [1.165, 1.54) is 6.20 Å². The summed E-state index contributed by atoms with van der Waals surface area (Å²) in [5.41, 5.74) is 0.715. The summed E-state index contributed by atoms with van der Waals surface area (Å²) in [6.07, 6.45) is 1.20. The van der Waals surface area contributed by atoms with Gasteiger partial charge in [-0.15, -0.1) is 0 Å². The van der Waals surface area contributed by atoms with Gasteiger partial charge >= 0.3 is 5.97 Å². The number of pyridine rings is 1. The third kappa shape index (κ3) is 2.85. The highest BCUT2D eigenvalue weighted by Crippen LogP contribution is 2.10. The summed E-state index contributed by atoms with van der Waals surface area (Å²) in [4.78, 5) is 34.1. The first kappa shape index (κ1) is 12.9. The molecule has 0 aliphatic rings. The van der Waals surface area contributed by atoms with Crippen LogP contribution in [0, 0.1) is 6.92 Å². The van der Waals surface area contributed by atoms with Crippen molar-refractivity contribution in [3.05, 3.63) is 46.0 Å². The van der Waals surface area contributed by atoms with Gasteiger partial charge in [0, 0.05) is 11.9 Å². The molecule has 0 amide bonds. The molecule has 0 saturated heterocycles. The smallest absolute Gasteiger partial charge is 0.345 e. The van der Waals surface area contributed by atoms with Gasteiger partial charge in [0.25, 0.3) is 5.56 Å². The first-order valence-corrected chi connectivity index (χ1v) is 5.82. The Bertz CT molecular complexity index is 664. The number of aryl methyl sites for hydroxylation is 1. The molecule has 6 nitrogen and oxygen atoms in total. The average Bonchev–Trinajstić information content (AvgIpc) is 2.38. The molecule has 0 spiro atoms. The summed E-state index contributed by atoms with van der Waals surface area (Å²) in [6, 6.07) is 5.39. The number of hydrogen-bond donors (Lipinski definition) is 1. The van der Waals surface area contributed by atoms with Crippen LogP contribution >= 0.6 is 0 Å². The summed E-state index contributed by atoms with van der Waals surface area (Å²) >= 11 is 0. The van der Waals surface area contributed by atoms with E-state index in [1.807, 2.05) is 19.1 Å². The molecule has 0 radical (unpaired) electrons. The molecule has 2 rings (SSSR count). The molecule has 0 bridgehead atoms. The zero-order chi connectivity index (χ0) is 13.8. The fourth-order valence-electron chi connectivity index (χ4n) is 1.55. The van der Waals surface area contributed by atoms with E-state index < -0.39 is 11.5 Å². The Morgan fingerprint density at radius 3 is 2.84 bits per heavy atom. The van der Waals surface area contributed by atoms with Crippen molar-refractivity contribution in [2.75, 3.05) is 6.61 Å². The molecule has 2 aromatic rings. The van der Waals surface area contributed by atoms with E-state index >= 15 is 0 Å². The zero-order valence-electron chi connectivity index (χ0n) is 10.6. The topological polar surface area (TPSA) is 84.9 Å². The normalized spacial score (nSPS) is 10.2. The van der Waals surface area contributed by atoms with Crippen molar-refractivity contribution in [1.82, 2.24) is 15.0 Å². The second kappa shape index (κ2) is 5.43. The van der Waals surface area contributed by atoms with Crippen LogP contribution in [0.5, 0.6) is 0 Å². The standard InChI is InChI=1S/C13H13N3O3/c1-3-19-13(18)9-7-14-11(16-12(9)17)10-6-4-5-8(2)15-10/h4-7H,3H2,1-2H3,(H,14,16,17). The van der Waals surface area contributed by atoms with Crippen LogP contribution in [0.4, 0.5) is 0 Å². The van der Waals surface area contributed by atoms with Crippen molar-refractivity contribution in [3.8, 4) is 11.5 Å². The van der Waals surface area contributed by atoms with Crippen LogP contribution in [0.25, 0.3) is 11.5 Å². The van der Waals surface area contributed by atoms with E-state index in [4.69, 9.17) is 4.74 Å². The molecule has 0 aliphatic heterocycles. The fourth-order valence-corrected chi connectivity index (χ4v) is 1.55. The quantitative estimate of drug-likeness (QED) is 0.840. The maximum absolute atomic E-state index is 11.8. The highest BCUT2D eigenvalue weighted by molar-refractivity contribution is 5.88. The predicted octanol–water partition coefficient (Wildman–Crippen LogP) is 1.32. The maximum atomic E-state index is 11.8. The third-order valence-electron chi connectivity index (χ3n) is 2.43. The number of nitrogens with one attached hydrogen (secondary N) is 1. The van der Waals surface area contributed by atoms with Crippen molar-refractivity contribution in [2.45, 2.75) is 13.8 Å². The van der Waals surface area contributed by atoms with Gasteiger partial charge in [-0.3, -0.25) is 4.79 Å². The molecule has 0 aromatic carbocycles. The minimum Gasteiger partial charge on any atom is -0.462 e. The molecule has 0 saturated carbocycles. The highest BCUT2D eigenvalue weighted by atomic mass is 16.5. The number of carbonyl (C=O) groups excluding carboxylic acids is 1. The lowest BCUT2D eigenvalue weighted by Crippen LogP contribution is -2.21. The van der Waals surface area contributed by atoms with Gasteiger partial charge in [0.05, 0.1) is 6.61 Å². The number of H-pyrrole nitrogens is 1. The van der Waals surface area contributed by atoms with Crippen LogP contribution in [0.3, 0.4) is 0 Å². The van der Waals surface area contributed by atoms with Crippen LogP contribution < -0.4 is 5.56 Å². The second-order valence-corrected chi connectivity index (χ2v) is 3.86. The summed E-state index contributed by atoms with van der Waals surface area (Å²) in [7, 11) is 0. The lowest BCUT2D eigenvalue weighted by atomic mass is 10.3. The van der Waals surface area contributed by atoms with E-state index in [2.05, 4.69) is 15.0 Å². The number of hydrogen-bond acceptors (Lipinski definition) is 5. The molecule has 2 heterocycles. The molecular weight excluding hydrogens is 246 g/mol. The molecule has 19 heavy (non-hydrogen) atoms. The average molecular weight is 259 g/mol. The predicted molar refractivity (Wildman–Crippen MR) is 68.8 cm³/mol. The molecule has 2 aromatic heterocycles. The van der Waals surface area contributed by atoms with E-state index in [0.29, 0.717) is 11.5 Å². The van der Waals surface area contributed by atoms with Gasteiger partial charge in [-0.05, 0) is 26.0 Å². The Labute approximate surface area is 109 Å². The van der Waals surface area contributed by atoms with Gasteiger partial charge in [0.1, 0.15) is 11.3 Å². The molecule has 1 N–H and O–H groups in total. The number of esters is 1. The van der Waals surface area contributed by atoms with Crippen LogP contribution in [0.1, 0.15) is 23.0 Å². The van der Waals surface area contributed by atoms with Crippen LogP contribution in [-0.2, 0) is 4.74 Å². The molecule has 0 atom stereocenters. The van der Waals surface area contributed by atoms with Crippen LogP contribution in [0.15, 0.2) is 29.2 Å². The SMILES string of the molecule is CCOC(=O)c1cnc(-c2cccc(C)n2)[nH]c1=O. The summed E-state index contributed by atoms with van der Waals surface area (Å²) in [6.45, 7) is 3.72. The van der Waals surface area contributed by atoms with Crippen molar-refractivity contribution in [3.63, 3.8) is 0 Å². The molecule has 98 valence electrons. The second-order valence-electron chi connectivity index (χ2n) is 3.86. The van der Waals surface area contributed by atoms with E-state index in [-0.39, 0.29) is 12.2 Å². The number of rotatable bonds is 3. The number of aromatic amines is 1. The molecular formula is C13H13N3O3. The lowest BCUT2D eigenvalue weighted by Gasteiger charge is -2.03. The monoisotopic (exact) mass is 259 g/mol. The van der Waals surface area contributed by atoms with E-state index in [0.717, 1.165) is 5.69 Å².